The molecule has 2 aromatic rings. The first kappa shape index (κ1) is 26.1. The zero-order valence-corrected chi connectivity index (χ0v) is 21.6. The van der Waals surface area contributed by atoms with Crippen LogP contribution in [0.2, 0.25) is 5.02 Å². The van der Waals surface area contributed by atoms with E-state index in [1.54, 1.807) is 15.6 Å². The summed E-state index contributed by atoms with van der Waals surface area (Å²) in [4.78, 5) is 27.7. The van der Waals surface area contributed by atoms with Crippen molar-refractivity contribution in [3.63, 3.8) is 0 Å². The van der Waals surface area contributed by atoms with Gasteiger partial charge in [-0.2, -0.15) is 5.10 Å². The van der Waals surface area contributed by atoms with Gasteiger partial charge in [-0.05, 0) is 31.4 Å². The minimum absolute atomic E-state index is 0.0168. The maximum Gasteiger partial charge on any atom is 0.318 e. The molecule has 7 nitrogen and oxygen atoms in total. The Morgan fingerprint density at radius 2 is 1.88 bits per heavy atom. The molecule has 3 rings (SSSR count). The van der Waals surface area contributed by atoms with Crippen LogP contribution < -0.4 is 10.6 Å². The minimum atomic E-state index is -0.261. The van der Waals surface area contributed by atoms with Crippen molar-refractivity contribution >= 4 is 29.4 Å². The molecule has 1 heterocycles. The van der Waals surface area contributed by atoms with E-state index in [1.807, 2.05) is 24.3 Å². The van der Waals surface area contributed by atoms with Gasteiger partial charge in [-0.15, -0.1) is 0 Å². The van der Waals surface area contributed by atoms with Crippen molar-refractivity contribution in [2.75, 3.05) is 18.4 Å². The fourth-order valence-electron chi connectivity index (χ4n) is 4.11. The lowest BCUT2D eigenvalue weighted by atomic mass is 9.92. The highest BCUT2D eigenvalue weighted by atomic mass is 35.5. The van der Waals surface area contributed by atoms with Gasteiger partial charge in [0.15, 0.2) is 0 Å². The van der Waals surface area contributed by atoms with Gasteiger partial charge in [0.25, 0.3) is 0 Å². The van der Waals surface area contributed by atoms with Crippen LogP contribution in [-0.4, -0.2) is 45.8 Å². The SMILES string of the molecule is CCCCN(CC(=O)Nc1cc(C(C)(C)C)nn1-c1ccccc1Cl)C(=O)NC1CCCCC1. The highest BCUT2D eigenvalue weighted by Gasteiger charge is 2.25. The van der Waals surface area contributed by atoms with Crippen molar-refractivity contribution in [3.05, 3.63) is 41.0 Å². The first-order chi connectivity index (χ1) is 16.2. The number of nitrogens with zero attached hydrogens (tertiary/aromatic N) is 3. The number of nitrogens with one attached hydrogen (secondary N) is 2. The third kappa shape index (κ3) is 6.98. The average molecular weight is 488 g/mol. The van der Waals surface area contributed by atoms with E-state index in [0.717, 1.165) is 44.2 Å². The molecular formula is C26H38ClN5O2. The third-order valence-corrected chi connectivity index (χ3v) is 6.48. The largest absolute Gasteiger partial charge is 0.335 e. The molecule has 1 aliphatic carbocycles. The Balaban J connectivity index is 1.77. The molecule has 0 saturated heterocycles. The lowest BCUT2D eigenvalue weighted by molar-refractivity contribution is -0.116. The number of carbonyl (C=O) groups excluding carboxylic acids is 2. The zero-order valence-electron chi connectivity index (χ0n) is 20.9. The van der Waals surface area contributed by atoms with Gasteiger partial charge in [0, 0.05) is 24.1 Å². The van der Waals surface area contributed by atoms with Crippen molar-refractivity contribution in [2.45, 2.75) is 84.1 Å². The monoisotopic (exact) mass is 487 g/mol. The molecule has 0 atom stereocenters. The number of hydrogen-bond acceptors (Lipinski definition) is 3. The van der Waals surface area contributed by atoms with E-state index in [2.05, 4.69) is 38.3 Å². The van der Waals surface area contributed by atoms with Gasteiger partial charge in [-0.3, -0.25) is 4.79 Å². The molecule has 0 aliphatic heterocycles. The number of unbranched alkanes of at least 4 members (excludes halogenated alkanes) is 1. The van der Waals surface area contributed by atoms with Gasteiger partial charge < -0.3 is 15.5 Å². The van der Waals surface area contributed by atoms with E-state index < -0.39 is 0 Å². The number of aromatic nitrogens is 2. The molecule has 1 aromatic heterocycles. The Labute approximate surface area is 208 Å². The van der Waals surface area contributed by atoms with Crippen LogP contribution in [-0.2, 0) is 10.2 Å². The molecule has 3 amide bonds. The molecule has 0 bridgehead atoms. The van der Waals surface area contributed by atoms with Crippen LogP contribution in [0.4, 0.5) is 10.6 Å². The molecule has 0 unspecified atom stereocenters. The number of rotatable bonds is 8. The summed E-state index contributed by atoms with van der Waals surface area (Å²) in [6, 6.07) is 9.31. The highest BCUT2D eigenvalue weighted by molar-refractivity contribution is 6.32. The van der Waals surface area contributed by atoms with Crippen LogP contribution in [0.15, 0.2) is 30.3 Å². The molecule has 1 aromatic carbocycles. The number of halogens is 1. The number of amides is 3. The van der Waals surface area contributed by atoms with E-state index in [9.17, 15) is 9.59 Å². The quantitative estimate of drug-likeness (QED) is 0.486. The van der Waals surface area contributed by atoms with Gasteiger partial charge >= 0.3 is 6.03 Å². The van der Waals surface area contributed by atoms with Crippen LogP contribution in [0.5, 0.6) is 0 Å². The molecule has 0 spiro atoms. The Kier molecular flexibility index (Phi) is 9.00. The summed E-state index contributed by atoms with van der Waals surface area (Å²) in [5.41, 5.74) is 1.31. The van der Waals surface area contributed by atoms with Gasteiger partial charge in [-0.25, -0.2) is 9.48 Å². The van der Waals surface area contributed by atoms with E-state index in [4.69, 9.17) is 16.7 Å². The normalized spacial score (nSPS) is 14.6. The Morgan fingerprint density at radius 1 is 1.18 bits per heavy atom. The molecule has 34 heavy (non-hydrogen) atoms. The lowest BCUT2D eigenvalue weighted by Gasteiger charge is -2.28. The summed E-state index contributed by atoms with van der Waals surface area (Å²) in [6.45, 7) is 8.81. The maximum atomic E-state index is 13.1. The number of benzene rings is 1. The second kappa shape index (κ2) is 11.7. The summed E-state index contributed by atoms with van der Waals surface area (Å²) >= 11 is 6.43. The Morgan fingerprint density at radius 3 is 2.53 bits per heavy atom. The summed E-state index contributed by atoms with van der Waals surface area (Å²) in [7, 11) is 0. The van der Waals surface area contributed by atoms with E-state index in [0.29, 0.717) is 23.1 Å². The van der Waals surface area contributed by atoms with Crippen molar-refractivity contribution in [3.8, 4) is 5.69 Å². The summed E-state index contributed by atoms with van der Waals surface area (Å²) < 4.78 is 1.67. The lowest BCUT2D eigenvalue weighted by Crippen LogP contribution is -2.48. The van der Waals surface area contributed by atoms with Gasteiger partial charge in [0.05, 0.1) is 16.4 Å². The second-order valence-electron chi connectivity index (χ2n) is 10.1. The molecule has 186 valence electrons. The van der Waals surface area contributed by atoms with Crippen molar-refractivity contribution in [2.24, 2.45) is 0 Å². The zero-order chi connectivity index (χ0) is 24.7. The predicted octanol–water partition coefficient (Wildman–Crippen LogP) is 5.91. The van der Waals surface area contributed by atoms with Crippen LogP contribution in [0.3, 0.4) is 0 Å². The van der Waals surface area contributed by atoms with Gasteiger partial charge in [0.2, 0.25) is 5.91 Å². The smallest absolute Gasteiger partial charge is 0.318 e. The fourth-order valence-corrected chi connectivity index (χ4v) is 4.33. The summed E-state index contributed by atoms with van der Waals surface area (Å²) in [5, 5.41) is 11.4. The van der Waals surface area contributed by atoms with Gasteiger partial charge in [-0.1, -0.05) is 77.1 Å². The van der Waals surface area contributed by atoms with Crippen LogP contribution >= 0.6 is 11.6 Å². The van der Waals surface area contributed by atoms with Crippen molar-refractivity contribution in [1.82, 2.24) is 20.0 Å². The van der Waals surface area contributed by atoms with Crippen LogP contribution in [0.1, 0.15) is 78.3 Å². The molecule has 1 fully saturated rings. The molecule has 8 heteroatoms. The molecule has 2 N–H and O–H groups in total. The number of urea groups is 1. The summed E-state index contributed by atoms with van der Waals surface area (Å²) in [6.07, 6.45) is 7.31. The molecule has 1 saturated carbocycles. The van der Waals surface area contributed by atoms with Crippen LogP contribution in [0, 0.1) is 0 Å². The summed E-state index contributed by atoms with van der Waals surface area (Å²) in [5.74, 6) is 0.273. The van der Waals surface area contributed by atoms with Crippen LogP contribution in [0.25, 0.3) is 5.69 Å². The van der Waals surface area contributed by atoms with Gasteiger partial charge in [0.1, 0.15) is 12.4 Å². The maximum absolute atomic E-state index is 13.1. The first-order valence-electron chi connectivity index (χ1n) is 12.4. The number of para-hydroxylation sites is 1. The highest BCUT2D eigenvalue weighted by Crippen LogP contribution is 2.29. The third-order valence-electron chi connectivity index (χ3n) is 6.16. The fraction of sp³-hybridized carbons (Fsp3) is 0.577. The van der Waals surface area contributed by atoms with E-state index >= 15 is 0 Å². The molecule has 0 radical (unpaired) electrons. The predicted molar refractivity (Wildman–Crippen MR) is 138 cm³/mol. The van der Waals surface area contributed by atoms with E-state index in [1.165, 1.54) is 6.42 Å². The standard InChI is InChI=1S/C26H38ClN5O2/c1-5-6-16-31(25(34)28-19-12-8-7-9-13-19)18-24(33)29-23-17-22(26(2,3)4)30-32(23)21-15-11-10-14-20(21)27/h10-11,14-15,17,19H,5-9,12-13,16,18H2,1-4H3,(H,28,34)(H,29,33). The second-order valence-corrected chi connectivity index (χ2v) is 10.5. The topological polar surface area (TPSA) is 79.3 Å². The number of anilines is 1. The Bertz CT molecular complexity index is 976. The van der Waals surface area contributed by atoms with Crippen molar-refractivity contribution in [1.29, 1.82) is 0 Å². The minimum Gasteiger partial charge on any atom is -0.335 e. The number of hydrogen-bond donors (Lipinski definition) is 2. The molecular weight excluding hydrogens is 450 g/mol. The number of carbonyl (C=O) groups is 2. The average Bonchev–Trinajstić information content (AvgIpc) is 3.21. The first-order valence-corrected chi connectivity index (χ1v) is 12.8. The Hall–Kier alpha value is -2.54. The van der Waals surface area contributed by atoms with E-state index in [-0.39, 0.29) is 29.9 Å². The molecule has 1 aliphatic rings. The van der Waals surface area contributed by atoms with Crippen molar-refractivity contribution < 1.29 is 9.59 Å².